The fraction of sp³-hybridized carbons (Fsp3) is 0.200. The highest BCUT2D eigenvalue weighted by molar-refractivity contribution is 5.77. The van der Waals surface area contributed by atoms with Crippen LogP contribution in [0.3, 0.4) is 0 Å². The van der Waals surface area contributed by atoms with Gasteiger partial charge < -0.3 is 9.64 Å². The Bertz CT molecular complexity index is 558. The lowest BCUT2D eigenvalue weighted by Gasteiger charge is -2.17. The van der Waals surface area contributed by atoms with Crippen LogP contribution in [0.1, 0.15) is 5.56 Å². The highest BCUT2D eigenvalue weighted by Gasteiger charge is 2.10. The summed E-state index contributed by atoms with van der Waals surface area (Å²) < 4.78 is 18.0. The van der Waals surface area contributed by atoms with Crippen LogP contribution < -0.4 is 4.74 Å². The molecule has 0 aliphatic carbocycles. The van der Waals surface area contributed by atoms with Crippen LogP contribution in [0.2, 0.25) is 0 Å². The molecule has 0 N–H and O–H groups in total. The van der Waals surface area contributed by atoms with Crippen LogP contribution in [0.15, 0.2) is 48.8 Å². The number of benzene rings is 1. The summed E-state index contributed by atoms with van der Waals surface area (Å²) in [5, 5.41) is 0. The summed E-state index contributed by atoms with van der Waals surface area (Å²) in [5.74, 6) is -0.0123. The van der Waals surface area contributed by atoms with E-state index in [1.54, 1.807) is 24.3 Å². The van der Waals surface area contributed by atoms with Crippen LogP contribution in [-0.4, -0.2) is 29.4 Å². The summed E-state index contributed by atoms with van der Waals surface area (Å²) in [6.07, 6.45) is 3.37. The molecule has 5 heteroatoms. The lowest BCUT2D eigenvalue weighted by atomic mass is 10.2. The van der Waals surface area contributed by atoms with Gasteiger partial charge in [-0.2, -0.15) is 0 Å². The monoisotopic (exact) mass is 274 g/mol. The van der Waals surface area contributed by atoms with Crippen LogP contribution in [0.4, 0.5) is 4.39 Å². The van der Waals surface area contributed by atoms with Crippen molar-refractivity contribution in [3.8, 4) is 5.75 Å². The largest absolute Gasteiger partial charge is 0.484 e. The van der Waals surface area contributed by atoms with Crippen molar-refractivity contribution in [1.29, 1.82) is 0 Å². The van der Waals surface area contributed by atoms with Gasteiger partial charge in [-0.15, -0.1) is 0 Å². The number of amides is 1. The molecule has 0 aliphatic rings. The Kier molecular flexibility index (Phi) is 4.65. The molecule has 1 aromatic heterocycles. The normalized spacial score (nSPS) is 10.1. The topological polar surface area (TPSA) is 42.4 Å². The number of pyridine rings is 1. The summed E-state index contributed by atoms with van der Waals surface area (Å²) in [7, 11) is 1.71. The van der Waals surface area contributed by atoms with Crippen molar-refractivity contribution in [3.05, 3.63) is 60.2 Å². The summed E-state index contributed by atoms with van der Waals surface area (Å²) >= 11 is 0. The summed E-state index contributed by atoms with van der Waals surface area (Å²) in [6, 6.07) is 9.27. The van der Waals surface area contributed by atoms with Crippen molar-refractivity contribution in [2.24, 2.45) is 0 Å². The zero-order valence-electron chi connectivity index (χ0n) is 11.1. The first kappa shape index (κ1) is 14.0. The van der Waals surface area contributed by atoms with Gasteiger partial charge in [0.1, 0.15) is 11.6 Å². The molecule has 0 atom stereocenters. The van der Waals surface area contributed by atoms with E-state index in [-0.39, 0.29) is 18.3 Å². The van der Waals surface area contributed by atoms with E-state index in [4.69, 9.17) is 4.74 Å². The quantitative estimate of drug-likeness (QED) is 0.840. The highest BCUT2D eigenvalue weighted by Crippen LogP contribution is 2.11. The van der Waals surface area contributed by atoms with E-state index in [1.807, 2.05) is 12.1 Å². The molecular formula is C15H15FN2O2. The van der Waals surface area contributed by atoms with Crippen molar-refractivity contribution in [3.63, 3.8) is 0 Å². The third-order valence-corrected chi connectivity index (χ3v) is 2.77. The van der Waals surface area contributed by atoms with E-state index >= 15 is 0 Å². The number of halogens is 1. The van der Waals surface area contributed by atoms with E-state index < -0.39 is 0 Å². The van der Waals surface area contributed by atoms with E-state index in [9.17, 15) is 9.18 Å². The Labute approximate surface area is 116 Å². The average molecular weight is 274 g/mol. The van der Waals surface area contributed by atoms with Gasteiger partial charge in [0.05, 0.1) is 0 Å². The van der Waals surface area contributed by atoms with Crippen molar-refractivity contribution < 1.29 is 13.9 Å². The SMILES string of the molecule is CN(Cc1ccncc1)C(=O)COc1ccc(F)cc1. The van der Waals surface area contributed by atoms with Crippen LogP contribution in [0.5, 0.6) is 5.75 Å². The first-order valence-electron chi connectivity index (χ1n) is 6.16. The van der Waals surface area contributed by atoms with Gasteiger partial charge in [0, 0.05) is 26.0 Å². The van der Waals surface area contributed by atoms with Crippen molar-refractivity contribution in [1.82, 2.24) is 9.88 Å². The number of carbonyl (C=O) groups is 1. The van der Waals surface area contributed by atoms with Crippen molar-refractivity contribution in [2.45, 2.75) is 6.54 Å². The molecule has 0 spiro atoms. The molecule has 0 saturated carbocycles. The van der Waals surface area contributed by atoms with Gasteiger partial charge in [0.15, 0.2) is 6.61 Å². The molecule has 20 heavy (non-hydrogen) atoms. The number of hydrogen-bond acceptors (Lipinski definition) is 3. The molecule has 2 aromatic rings. The minimum atomic E-state index is -0.335. The molecule has 4 nitrogen and oxygen atoms in total. The maximum absolute atomic E-state index is 12.7. The van der Waals surface area contributed by atoms with E-state index in [0.29, 0.717) is 12.3 Å². The van der Waals surface area contributed by atoms with Crippen molar-refractivity contribution >= 4 is 5.91 Å². The Morgan fingerprint density at radius 2 is 1.85 bits per heavy atom. The van der Waals surface area contributed by atoms with Gasteiger partial charge in [-0.1, -0.05) is 0 Å². The minimum Gasteiger partial charge on any atom is -0.484 e. The number of nitrogens with zero attached hydrogens (tertiary/aromatic N) is 2. The Balaban J connectivity index is 1.83. The smallest absolute Gasteiger partial charge is 0.260 e. The summed E-state index contributed by atoms with van der Waals surface area (Å²) in [6.45, 7) is 0.418. The third-order valence-electron chi connectivity index (χ3n) is 2.77. The Morgan fingerprint density at radius 3 is 2.50 bits per heavy atom. The van der Waals surface area contributed by atoms with Gasteiger partial charge >= 0.3 is 0 Å². The van der Waals surface area contributed by atoms with Gasteiger partial charge in [0.25, 0.3) is 5.91 Å². The zero-order chi connectivity index (χ0) is 14.4. The van der Waals surface area contributed by atoms with Crippen LogP contribution in [0, 0.1) is 5.82 Å². The third kappa shape index (κ3) is 4.05. The molecule has 1 heterocycles. The van der Waals surface area contributed by atoms with Gasteiger partial charge in [0.2, 0.25) is 0 Å². The number of ether oxygens (including phenoxy) is 1. The number of rotatable bonds is 5. The Hall–Kier alpha value is -2.43. The predicted molar refractivity (Wildman–Crippen MR) is 72.6 cm³/mol. The fourth-order valence-corrected chi connectivity index (χ4v) is 1.64. The van der Waals surface area contributed by atoms with Gasteiger partial charge in [-0.05, 0) is 42.0 Å². The lowest BCUT2D eigenvalue weighted by molar-refractivity contribution is -0.132. The maximum atomic E-state index is 12.7. The second-order valence-corrected chi connectivity index (χ2v) is 4.35. The second-order valence-electron chi connectivity index (χ2n) is 4.35. The number of hydrogen-bond donors (Lipinski definition) is 0. The number of carbonyl (C=O) groups excluding carboxylic acids is 1. The molecular weight excluding hydrogens is 259 g/mol. The number of likely N-dealkylation sites (N-methyl/N-ethyl adjacent to an activating group) is 1. The van der Waals surface area contributed by atoms with Crippen molar-refractivity contribution in [2.75, 3.05) is 13.7 Å². The molecule has 0 unspecified atom stereocenters. The van der Waals surface area contributed by atoms with Gasteiger partial charge in [-0.25, -0.2) is 4.39 Å². The molecule has 104 valence electrons. The maximum Gasteiger partial charge on any atom is 0.260 e. The molecule has 0 saturated heterocycles. The summed E-state index contributed by atoms with van der Waals surface area (Å²) in [5.41, 5.74) is 0.998. The standard InChI is InChI=1S/C15H15FN2O2/c1-18(10-12-6-8-17-9-7-12)15(19)11-20-14-4-2-13(16)3-5-14/h2-9H,10-11H2,1H3. The highest BCUT2D eigenvalue weighted by atomic mass is 19.1. The fourth-order valence-electron chi connectivity index (χ4n) is 1.64. The van der Waals surface area contributed by atoms with Gasteiger partial charge in [-0.3, -0.25) is 9.78 Å². The van der Waals surface area contributed by atoms with E-state index in [2.05, 4.69) is 4.98 Å². The summed E-state index contributed by atoms with van der Waals surface area (Å²) in [4.78, 5) is 17.4. The molecule has 1 aromatic carbocycles. The van der Waals surface area contributed by atoms with E-state index in [0.717, 1.165) is 5.56 Å². The van der Waals surface area contributed by atoms with Crippen LogP contribution >= 0.6 is 0 Å². The molecule has 1 amide bonds. The molecule has 0 aliphatic heterocycles. The lowest BCUT2D eigenvalue weighted by Crippen LogP contribution is -2.30. The molecule has 0 bridgehead atoms. The predicted octanol–water partition coefficient (Wildman–Crippen LogP) is 2.26. The zero-order valence-corrected chi connectivity index (χ0v) is 11.1. The van der Waals surface area contributed by atoms with Crippen LogP contribution in [0.25, 0.3) is 0 Å². The minimum absolute atomic E-state index is 0.0762. The Morgan fingerprint density at radius 1 is 1.20 bits per heavy atom. The van der Waals surface area contributed by atoms with Crippen LogP contribution in [-0.2, 0) is 11.3 Å². The number of aromatic nitrogens is 1. The molecule has 0 radical (unpaired) electrons. The second kappa shape index (κ2) is 6.65. The molecule has 0 fully saturated rings. The first-order valence-corrected chi connectivity index (χ1v) is 6.16. The van der Waals surface area contributed by atoms with E-state index in [1.165, 1.54) is 24.3 Å². The average Bonchev–Trinajstić information content (AvgIpc) is 2.47. The first-order chi connectivity index (χ1) is 9.65. The molecule has 2 rings (SSSR count).